The van der Waals surface area contributed by atoms with Gasteiger partial charge in [0, 0.05) is 5.41 Å². The van der Waals surface area contributed by atoms with E-state index >= 15 is 0 Å². The summed E-state index contributed by atoms with van der Waals surface area (Å²) in [6.45, 7) is 4.74. The highest BCUT2D eigenvalue weighted by Gasteiger charge is 2.35. The van der Waals surface area contributed by atoms with E-state index in [0.717, 1.165) is 0 Å². The summed E-state index contributed by atoms with van der Waals surface area (Å²) in [6.07, 6.45) is 0. The van der Waals surface area contributed by atoms with Gasteiger partial charge in [0.1, 0.15) is 0 Å². The van der Waals surface area contributed by atoms with Crippen molar-refractivity contribution in [1.82, 2.24) is 0 Å². The fraction of sp³-hybridized carbons (Fsp3) is 0.0638. The average molecular weight is 599 g/mol. The molecule has 222 valence electrons. The largest absolute Gasteiger partial charge is 0.0622 e. The monoisotopic (exact) mass is 598 g/mol. The Morgan fingerprint density at radius 1 is 0.298 bits per heavy atom. The summed E-state index contributed by atoms with van der Waals surface area (Å²) in [5.74, 6) is 0. The normalized spacial score (nSPS) is 13.1. The Morgan fingerprint density at radius 2 is 0.830 bits per heavy atom. The molecule has 0 heterocycles. The second kappa shape index (κ2) is 10.7. The summed E-state index contributed by atoms with van der Waals surface area (Å²) in [5, 5.41) is 5.09. The first-order valence-corrected chi connectivity index (χ1v) is 16.5. The Labute approximate surface area is 276 Å². The molecule has 0 atom stereocenters. The fourth-order valence-electron chi connectivity index (χ4n) is 8.02. The third-order valence-electron chi connectivity index (χ3n) is 10.3. The summed E-state index contributed by atoms with van der Waals surface area (Å²) in [5.41, 5.74) is 15.5. The van der Waals surface area contributed by atoms with Gasteiger partial charge in [-0.3, -0.25) is 0 Å². The topological polar surface area (TPSA) is 0 Å². The number of benzene rings is 8. The average Bonchev–Trinajstić information content (AvgIpc) is 3.36. The molecule has 8 aromatic rings. The molecule has 47 heavy (non-hydrogen) atoms. The summed E-state index contributed by atoms with van der Waals surface area (Å²) in [4.78, 5) is 0. The van der Waals surface area contributed by atoms with Gasteiger partial charge in [-0.15, -0.1) is 0 Å². The van der Waals surface area contributed by atoms with Gasteiger partial charge in [0.15, 0.2) is 0 Å². The van der Waals surface area contributed by atoms with Crippen LogP contribution in [0.2, 0.25) is 0 Å². The molecular formula is C47H34. The van der Waals surface area contributed by atoms with Crippen molar-refractivity contribution in [2.75, 3.05) is 0 Å². The molecule has 0 N–H and O–H groups in total. The lowest BCUT2D eigenvalue weighted by molar-refractivity contribution is 0.660. The first kappa shape index (κ1) is 27.6. The molecule has 0 aliphatic heterocycles. The number of hydrogen-bond donors (Lipinski definition) is 0. The van der Waals surface area contributed by atoms with Crippen LogP contribution in [0.25, 0.3) is 77.2 Å². The van der Waals surface area contributed by atoms with Crippen LogP contribution in [0, 0.1) is 0 Å². The van der Waals surface area contributed by atoms with Crippen molar-refractivity contribution < 1.29 is 0 Å². The first-order valence-electron chi connectivity index (χ1n) is 16.5. The van der Waals surface area contributed by atoms with Gasteiger partial charge in [-0.2, -0.15) is 0 Å². The van der Waals surface area contributed by atoms with Gasteiger partial charge >= 0.3 is 0 Å². The quantitative estimate of drug-likeness (QED) is 0.177. The molecule has 0 saturated heterocycles. The lowest BCUT2D eigenvalue weighted by Crippen LogP contribution is -2.14. The van der Waals surface area contributed by atoms with Gasteiger partial charge in [0.25, 0.3) is 0 Å². The van der Waals surface area contributed by atoms with Crippen molar-refractivity contribution >= 4 is 21.5 Å². The number of fused-ring (bicyclic) bond motifs is 5. The Balaban J connectivity index is 1.39. The minimum absolute atomic E-state index is 0.0721. The summed E-state index contributed by atoms with van der Waals surface area (Å²) >= 11 is 0. The molecule has 1 aliphatic rings. The second-order valence-electron chi connectivity index (χ2n) is 13.3. The van der Waals surface area contributed by atoms with E-state index in [2.05, 4.69) is 184 Å². The van der Waals surface area contributed by atoms with E-state index in [9.17, 15) is 0 Å². The number of hydrogen-bond acceptors (Lipinski definition) is 0. The maximum absolute atomic E-state index is 2.48. The highest BCUT2D eigenvalue weighted by molar-refractivity contribution is 6.23. The Bertz CT molecular complexity index is 2460. The first-order chi connectivity index (χ1) is 23.1. The van der Waals surface area contributed by atoms with Gasteiger partial charge in [-0.25, -0.2) is 0 Å². The minimum atomic E-state index is -0.0721. The second-order valence-corrected chi connectivity index (χ2v) is 13.3. The van der Waals surface area contributed by atoms with Gasteiger partial charge in [0.05, 0.1) is 0 Å². The molecule has 0 heteroatoms. The zero-order valence-electron chi connectivity index (χ0n) is 26.7. The summed E-state index contributed by atoms with van der Waals surface area (Å²) in [6, 6.07) is 62.6. The van der Waals surface area contributed by atoms with E-state index in [4.69, 9.17) is 0 Å². The predicted molar refractivity (Wildman–Crippen MR) is 201 cm³/mol. The van der Waals surface area contributed by atoms with E-state index in [1.807, 2.05) is 0 Å². The zero-order valence-corrected chi connectivity index (χ0v) is 26.7. The number of rotatable bonds is 4. The standard InChI is InChI=1S/C47H34/c1-47(2)43-24-14-13-20-36(43)37-27-26-34(30-44(37)47)45-39-22-11-12-23-40(39)46(38-21-10-9-19-35(38)32-17-7-4-8-18-32)41-28-25-33(29-42(41)45)31-15-5-3-6-16-31/h3-30H,1-2H3. The molecular weight excluding hydrogens is 565 g/mol. The molecule has 1 aliphatic carbocycles. The molecule has 0 nitrogen and oxygen atoms in total. The Morgan fingerprint density at radius 3 is 1.57 bits per heavy atom. The zero-order chi connectivity index (χ0) is 31.5. The van der Waals surface area contributed by atoms with Crippen LogP contribution in [0.4, 0.5) is 0 Å². The molecule has 9 rings (SSSR count). The van der Waals surface area contributed by atoms with Crippen molar-refractivity contribution in [2.45, 2.75) is 19.3 Å². The smallest absolute Gasteiger partial charge is 0.0159 e. The molecule has 0 fully saturated rings. The molecule has 0 spiro atoms. The third kappa shape index (κ3) is 4.29. The van der Waals surface area contributed by atoms with E-state index in [1.165, 1.54) is 88.3 Å². The summed E-state index contributed by atoms with van der Waals surface area (Å²) in [7, 11) is 0. The fourth-order valence-corrected chi connectivity index (χ4v) is 8.02. The Kier molecular flexibility index (Phi) is 6.27. The van der Waals surface area contributed by atoms with E-state index < -0.39 is 0 Å². The molecule has 0 unspecified atom stereocenters. The molecule has 0 bridgehead atoms. The maximum atomic E-state index is 2.48. The highest BCUT2D eigenvalue weighted by Crippen LogP contribution is 2.52. The van der Waals surface area contributed by atoms with Crippen molar-refractivity contribution in [1.29, 1.82) is 0 Å². The molecule has 0 saturated carbocycles. The van der Waals surface area contributed by atoms with Crippen molar-refractivity contribution in [3.63, 3.8) is 0 Å². The van der Waals surface area contributed by atoms with Gasteiger partial charge in [-0.05, 0) is 100 Å². The van der Waals surface area contributed by atoms with E-state index in [1.54, 1.807) is 0 Å². The molecule has 0 aromatic heterocycles. The van der Waals surface area contributed by atoms with Gasteiger partial charge < -0.3 is 0 Å². The van der Waals surface area contributed by atoms with Crippen LogP contribution in [-0.2, 0) is 5.41 Å². The highest BCUT2D eigenvalue weighted by atomic mass is 14.4. The van der Waals surface area contributed by atoms with Crippen molar-refractivity contribution in [3.8, 4) is 55.6 Å². The van der Waals surface area contributed by atoms with Crippen LogP contribution in [0.3, 0.4) is 0 Å². The maximum Gasteiger partial charge on any atom is 0.0159 e. The van der Waals surface area contributed by atoms with Gasteiger partial charge in [-0.1, -0.05) is 172 Å². The van der Waals surface area contributed by atoms with Crippen molar-refractivity contribution in [2.24, 2.45) is 0 Å². The lowest BCUT2D eigenvalue weighted by atomic mass is 9.80. The van der Waals surface area contributed by atoms with Crippen LogP contribution >= 0.6 is 0 Å². The third-order valence-corrected chi connectivity index (χ3v) is 10.3. The van der Waals surface area contributed by atoms with Crippen LogP contribution < -0.4 is 0 Å². The van der Waals surface area contributed by atoms with Crippen LogP contribution in [0.15, 0.2) is 170 Å². The van der Waals surface area contributed by atoms with E-state index in [0.29, 0.717) is 0 Å². The lowest BCUT2D eigenvalue weighted by Gasteiger charge is -2.23. The Hall–Kier alpha value is -5.72. The van der Waals surface area contributed by atoms with Crippen LogP contribution in [0.1, 0.15) is 25.0 Å². The van der Waals surface area contributed by atoms with E-state index in [-0.39, 0.29) is 5.41 Å². The molecule has 0 amide bonds. The SMILES string of the molecule is CC1(C)c2ccccc2-c2ccc(-c3c4ccccc4c(-c4ccccc4-c4ccccc4)c4ccc(-c5ccccc5)cc34)cc21. The summed E-state index contributed by atoms with van der Waals surface area (Å²) < 4.78 is 0. The molecule has 0 radical (unpaired) electrons. The minimum Gasteiger partial charge on any atom is -0.0622 e. The van der Waals surface area contributed by atoms with Gasteiger partial charge in [0.2, 0.25) is 0 Å². The van der Waals surface area contributed by atoms with Crippen LogP contribution in [0.5, 0.6) is 0 Å². The van der Waals surface area contributed by atoms with Crippen LogP contribution in [-0.4, -0.2) is 0 Å². The molecule has 8 aromatic carbocycles. The van der Waals surface area contributed by atoms with Crippen molar-refractivity contribution in [3.05, 3.63) is 181 Å². The predicted octanol–water partition coefficient (Wildman–Crippen LogP) is 13.0.